The molecule has 1 heterocycles. The second-order valence-electron chi connectivity index (χ2n) is 5.25. The van der Waals surface area contributed by atoms with Crippen molar-refractivity contribution in [1.82, 2.24) is 4.98 Å². The van der Waals surface area contributed by atoms with Crippen molar-refractivity contribution in [2.24, 2.45) is 0 Å². The molecule has 0 saturated carbocycles. The molecule has 0 saturated heterocycles. The Bertz CT molecular complexity index is 1020. The monoisotopic (exact) mass is 288 g/mol. The first-order valence-electron chi connectivity index (χ1n) is 6.97. The lowest BCUT2D eigenvalue weighted by Crippen LogP contribution is -1.91. The topological polar surface area (TPSA) is 58.9 Å². The second kappa shape index (κ2) is 4.70. The van der Waals surface area contributed by atoms with E-state index in [1.807, 2.05) is 36.5 Å². The highest BCUT2D eigenvalue weighted by molar-refractivity contribution is 5.98. The van der Waals surface area contributed by atoms with E-state index >= 15 is 0 Å². The first-order chi connectivity index (χ1) is 10.7. The SMILES string of the molecule is O=[N+]([O-])c1ccccc1-c1ccc2cc3[nH]ccc3cc2c1. The summed E-state index contributed by atoms with van der Waals surface area (Å²) in [4.78, 5) is 14.1. The Morgan fingerprint density at radius 2 is 1.73 bits per heavy atom. The molecule has 0 atom stereocenters. The molecule has 4 nitrogen and oxygen atoms in total. The first kappa shape index (κ1) is 12.6. The fraction of sp³-hybridized carbons (Fsp3) is 0. The summed E-state index contributed by atoms with van der Waals surface area (Å²) in [6.45, 7) is 0. The van der Waals surface area contributed by atoms with Crippen LogP contribution in [0.25, 0.3) is 32.8 Å². The average Bonchev–Trinajstić information content (AvgIpc) is 2.99. The number of nitro groups is 1. The number of aromatic nitrogens is 1. The number of nitrogens with one attached hydrogen (secondary N) is 1. The highest BCUT2D eigenvalue weighted by Crippen LogP contribution is 2.32. The van der Waals surface area contributed by atoms with Crippen LogP contribution in [0.15, 0.2) is 66.9 Å². The number of fused-ring (bicyclic) bond motifs is 2. The maximum Gasteiger partial charge on any atom is 0.277 e. The highest BCUT2D eigenvalue weighted by Gasteiger charge is 2.14. The number of nitrogens with zero attached hydrogens (tertiary/aromatic N) is 1. The van der Waals surface area contributed by atoms with E-state index in [0.29, 0.717) is 5.56 Å². The molecule has 0 fully saturated rings. The maximum absolute atomic E-state index is 11.2. The molecule has 4 rings (SSSR count). The number of benzene rings is 3. The van der Waals surface area contributed by atoms with Gasteiger partial charge in [-0.05, 0) is 52.1 Å². The van der Waals surface area contributed by atoms with E-state index in [9.17, 15) is 10.1 Å². The van der Waals surface area contributed by atoms with Gasteiger partial charge in [-0.15, -0.1) is 0 Å². The third-order valence-corrected chi connectivity index (χ3v) is 3.92. The number of aromatic amines is 1. The summed E-state index contributed by atoms with van der Waals surface area (Å²) >= 11 is 0. The molecule has 4 heteroatoms. The molecule has 1 N–H and O–H groups in total. The molecule has 0 spiro atoms. The van der Waals surface area contributed by atoms with Gasteiger partial charge in [0.2, 0.25) is 0 Å². The minimum atomic E-state index is -0.338. The Hall–Kier alpha value is -3.14. The molecule has 0 aliphatic rings. The summed E-state index contributed by atoms with van der Waals surface area (Å²) in [5.41, 5.74) is 2.72. The quantitative estimate of drug-likeness (QED) is 0.421. The summed E-state index contributed by atoms with van der Waals surface area (Å²) in [7, 11) is 0. The normalized spacial score (nSPS) is 11.1. The molecule has 0 unspecified atom stereocenters. The van der Waals surface area contributed by atoms with Gasteiger partial charge in [-0.3, -0.25) is 10.1 Å². The molecule has 0 aliphatic carbocycles. The molecule has 22 heavy (non-hydrogen) atoms. The predicted octanol–water partition coefficient (Wildman–Crippen LogP) is 4.90. The van der Waals surface area contributed by atoms with Crippen LogP contribution in [0.4, 0.5) is 5.69 Å². The van der Waals surface area contributed by atoms with Crippen LogP contribution >= 0.6 is 0 Å². The third kappa shape index (κ3) is 1.93. The van der Waals surface area contributed by atoms with Gasteiger partial charge in [-0.2, -0.15) is 0 Å². The van der Waals surface area contributed by atoms with Crippen molar-refractivity contribution in [3.8, 4) is 11.1 Å². The van der Waals surface area contributed by atoms with Gasteiger partial charge in [-0.25, -0.2) is 0 Å². The Kier molecular flexibility index (Phi) is 2.69. The zero-order valence-corrected chi connectivity index (χ0v) is 11.6. The van der Waals surface area contributed by atoms with Gasteiger partial charge >= 0.3 is 0 Å². The van der Waals surface area contributed by atoms with E-state index in [0.717, 1.165) is 27.2 Å². The standard InChI is InChI=1S/C18H12N2O2/c21-20(22)18-4-2-1-3-16(18)13-6-5-12-11-17-14(7-8-19-17)10-15(12)9-13/h1-11,19H. The van der Waals surface area contributed by atoms with Gasteiger partial charge in [-0.1, -0.05) is 24.3 Å². The summed E-state index contributed by atoms with van der Waals surface area (Å²) in [5, 5.41) is 14.5. The predicted molar refractivity (Wildman–Crippen MR) is 87.9 cm³/mol. The molecule has 4 aromatic rings. The van der Waals surface area contributed by atoms with E-state index in [4.69, 9.17) is 0 Å². The lowest BCUT2D eigenvalue weighted by Gasteiger charge is -2.05. The van der Waals surface area contributed by atoms with Crippen molar-refractivity contribution in [3.63, 3.8) is 0 Å². The summed E-state index contributed by atoms with van der Waals surface area (Å²) in [6, 6.07) is 19.0. The number of hydrogen-bond acceptors (Lipinski definition) is 2. The van der Waals surface area contributed by atoms with E-state index in [1.54, 1.807) is 12.1 Å². The van der Waals surface area contributed by atoms with E-state index < -0.39 is 0 Å². The van der Waals surface area contributed by atoms with Gasteiger partial charge in [0.25, 0.3) is 5.69 Å². The number of H-pyrrole nitrogens is 1. The average molecular weight is 288 g/mol. The molecule has 1 aromatic heterocycles. The molecule has 106 valence electrons. The van der Waals surface area contributed by atoms with Crippen LogP contribution < -0.4 is 0 Å². The molecule has 3 aromatic carbocycles. The zero-order valence-electron chi connectivity index (χ0n) is 11.6. The van der Waals surface area contributed by atoms with Crippen LogP contribution in [0.1, 0.15) is 0 Å². The molecule has 0 aliphatic heterocycles. The largest absolute Gasteiger partial charge is 0.361 e. The fourth-order valence-electron chi connectivity index (χ4n) is 2.84. The van der Waals surface area contributed by atoms with Crippen LogP contribution in [0.3, 0.4) is 0 Å². The molecule has 0 amide bonds. The highest BCUT2D eigenvalue weighted by atomic mass is 16.6. The van der Waals surface area contributed by atoms with E-state index in [2.05, 4.69) is 17.1 Å². The number of rotatable bonds is 2. The minimum absolute atomic E-state index is 0.129. The van der Waals surface area contributed by atoms with Crippen LogP contribution in [0.2, 0.25) is 0 Å². The molecule has 0 bridgehead atoms. The summed E-state index contributed by atoms with van der Waals surface area (Å²) in [5.74, 6) is 0. The smallest absolute Gasteiger partial charge is 0.277 e. The van der Waals surface area contributed by atoms with Crippen LogP contribution in [0.5, 0.6) is 0 Å². The van der Waals surface area contributed by atoms with Crippen LogP contribution in [0, 0.1) is 10.1 Å². The Labute approximate surface area is 126 Å². The van der Waals surface area contributed by atoms with Crippen molar-refractivity contribution in [2.75, 3.05) is 0 Å². The molecule has 0 radical (unpaired) electrons. The lowest BCUT2D eigenvalue weighted by atomic mass is 9.99. The number of para-hydroxylation sites is 1. The van der Waals surface area contributed by atoms with Crippen LogP contribution in [-0.4, -0.2) is 9.91 Å². The van der Waals surface area contributed by atoms with Crippen molar-refractivity contribution in [1.29, 1.82) is 0 Å². The van der Waals surface area contributed by atoms with Crippen molar-refractivity contribution in [3.05, 3.63) is 77.0 Å². The zero-order chi connectivity index (χ0) is 15.1. The Balaban J connectivity index is 1.96. The second-order valence-corrected chi connectivity index (χ2v) is 5.25. The Morgan fingerprint density at radius 1 is 0.864 bits per heavy atom. The van der Waals surface area contributed by atoms with Gasteiger partial charge in [0.15, 0.2) is 0 Å². The molecular formula is C18H12N2O2. The lowest BCUT2D eigenvalue weighted by molar-refractivity contribution is -0.384. The van der Waals surface area contributed by atoms with E-state index in [-0.39, 0.29) is 10.6 Å². The van der Waals surface area contributed by atoms with Gasteiger partial charge < -0.3 is 4.98 Å². The summed E-state index contributed by atoms with van der Waals surface area (Å²) < 4.78 is 0. The minimum Gasteiger partial charge on any atom is -0.361 e. The Morgan fingerprint density at radius 3 is 2.59 bits per heavy atom. The number of hydrogen-bond donors (Lipinski definition) is 1. The maximum atomic E-state index is 11.2. The van der Waals surface area contributed by atoms with Crippen molar-refractivity contribution < 1.29 is 4.92 Å². The van der Waals surface area contributed by atoms with Gasteiger partial charge in [0, 0.05) is 17.8 Å². The van der Waals surface area contributed by atoms with E-state index in [1.165, 1.54) is 6.07 Å². The van der Waals surface area contributed by atoms with Crippen LogP contribution in [-0.2, 0) is 0 Å². The summed E-state index contributed by atoms with van der Waals surface area (Å²) in [6.07, 6.45) is 1.91. The van der Waals surface area contributed by atoms with Gasteiger partial charge in [0.05, 0.1) is 10.5 Å². The van der Waals surface area contributed by atoms with Crippen molar-refractivity contribution >= 4 is 27.4 Å². The number of nitro benzene ring substituents is 1. The fourth-order valence-corrected chi connectivity index (χ4v) is 2.84. The molecular weight excluding hydrogens is 276 g/mol. The third-order valence-electron chi connectivity index (χ3n) is 3.92. The van der Waals surface area contributed by atoms with Gasteiger partial charge in [0.1, 0.15) is 0 Å². The first-order valence-corrected chi connectivity index (χ1v) is 6.97. The van der Waals surface area contributed by atoms with Crippen molar-refractivity contribution in [2.45, 2.75) is 0 Å².